The Morgan fingerprint density at radius 2 is 1.67 bits per heavy atom. The predicted octanol–water partition coefficient (Wildman–Crippen LogP) is 3.91. The standard InChI is InChI=1S/C16H19Cl3N2O2.ClH/c17-12-5-14(19)15(6-13(12)18)23-9-16(22)21-3-1-10-7-20-8-11(10)2-4-21;/h5-6,10-11,20H,1-4,7-9H2;1H/t10-,11+;. The lowest BCUT2D eigenvalue weighted by molar-refractivity contribution is -0.133. The van der Waals surface area contributed by atoms with E-state index in [1.165, 1.54) is 12.1 Å². The quantitative estimate of drug-likeness (QED) is 0.763. The number of hydrogen-bond acceptors (Lipinski definition) is 3. The summed E-state index contributed by atoms with van der Waals surface area (Å²) in [6, 6.07) is 3.06. The van der Waals surface area contributed by atoms with E-state index in [0.29, 0.717) is 32.7 Å². The number of nitrogens with one attached hydrogen (secondary N) is 1. The van der Waals surface area contributed by atoms with Gasteiger partial charge in [0.1, 0.15) is 5.75 Å². The van der Waals surface area contributed by atoms with Gasteiger partial charge in [-0.25, -0.2) is 0 Å². The first kappa shape index (κ1) is 19.9. The second-order valence-corrected chi connectivity index (χ2v) is 7.34. The molecular formula is C16H20Cl4N2O2. The van der Waals surface area contributed by atoms with Gasteiger partial charge < -0.3 is 15.0 Å². The van der Waals surface area contributed by atoms with Crippen molar-refractivity contribution in [2.45, 2.75) is 12.8 Å². The fourth-order valence-electron chi connectivity index (χ4n) is 3.31. The van der Waals surface area contributed by atoms with Gasteiger partial charge in [0.25, 0.3) is 5.91 Å². The summed E-state index contributed by atoms with van der Waals surface area (Å²) >= 11 is 17.9. The number of halogens is 4. The van der Waals surface area contributed by atoms with Crippen LogP contribution in [-0.2, 0) is 4.79 Å². The third-order valence-corrected chi connectivity index (χ3v) is 5.72. The van der Waals surface area contributed by atoms with E-state index in [9.17, 15) is 4.79 Å². The SMILES string of the molecule is Cl.O=C(COc1cc(Cl)c(Cl)cc1Cl)N1CC[C@@H]2CNC[C@@H]2CC1. The molecular weight excluding hydrogens is 394 g/mol. The van der Waals surface area contributed by atoms with Crippen LogP contribution in [0.4, 0.5) is 0 Å². The highest BCUT2D eigenvalue weighted by molar-refractivity contribution is 6.43. The topological polar surface area (TPSA) is 41.6 Å². The van der Waals surface area contributed by atoms with Gasteiger partial charge in [0.15, 0.2) is 6.61 Å². The molecule has 0 saturated carbocycles. The van der Waals surface area contributed by atoms with Crippen LogP contribution < -0.4 is 10.1 Å². The second-order valence-electron chi connectivity index (χ2n) is 6.12. The minimum atomic E-state index is -0.0364. The number of hydrogen-bond donors (Lipinski definition) is 1. The van der Waals surface area contributed by atoms with Gasteiger partial charge in [-0.05, 0) is 43.8 Å². The van der Waals surface area contributed by atoms with Crippen LogP contribution in [0.15, 0.2) is 12.1 Å². The predicted molar refractivity (Wildman–Crippen MR) is 99.9 cm³/mol. The minimum Gasteiger partial charge on any atom is -0.482 e. The van der Waals surface area contributed by atoms with Crippen molar-refractivity contribution in [1.82, 2.24) is 10.2 Å². The molecule has 0 unspecified atom stereocenters. The van der Waals surface area contributed by atoms with Gasteiger partial charge in [-0.15, -0.1) is 12.4 Å². The maximum atomic E-state index is 12.4. The zero-order valence-corrected chi connectivity index (χ0v) is 16.1. The van der Waals surface area contributed by atoms with Crippen LogP contribution in [0, 0.1) is 11.8 Å². The minimum absolute atomic E-state index is 0. The Bertz CT molecular complexity index is 586. The lowest BCUT2D eigenvalue weighted by Gasteiger charge is -2.21. The fraction of sp³-hybridized carbons (Fsp3) is 0.562. The Balaban J connectivity index is 0.00000208. The summed E-state index contributed by atoms with van der Waals surface area (Å²) in [6.45, 7) is 3.69. The number of rotatable bonds is 3. The molecule has 0 aliphatic carbocycles. The van der Waals surface area contributed by atoms with Crippen LogP contribution in [0.1, 0.15) is 12.8 Å². The molecule has 0 aromatic heterocycles. The van der Waals surface area contributed by atoms with Gasteiger partial charge in [0.05, 0.1) is 15.1 Å². The van der Waals surface area contributed by atoms with Crippen molar-refractivity contribution < 1.29 is 9.53 Å². The van der Waals surface area contributed by atoms with E-state index in [4.69, 9.17) is 39.5 Å². The average molecular weight is 414 g/mol. The largest absolute Gasteiger partial charge is 0.482 e. The third kappa shape index (κ3) is 4.61. The van der Waals surface area contributed by atoms with Gasteiger partial charge in [-0.2, -0.15) is 0 Å². The monoisotopic (exact) mass is 412 g/mol. The van der Waals surface area contributed by atoms with Crippen molar-refractivity contribution in [1.29, 1.82) is 0 Å². The number of nitrogens with zero attached hydrogens (tertiary/aromatic N) is 1. The highest BCUT2D eigenvalue weighted by atomic mass is 35.5. The number of likely N-dealkylation sites (tertiary alicyclic amines) is 1. The van der Waals surface area contributed by atoms with Crippen molar-refractivity contribution in [2.24, 2.45) is 11.8 Å². The Labute approximate surface area is 163 Å². The van der Waals surface area contributed by atoms with Crippen molar-refractivity contribution in [3.05, 3.63) is 27.2 Å². The maximum Gasteiger partial charge on any atom is 0.260 e. The van der Waals surface area contributed by atoms with Crippen LogP contribution in [0.2, 0.25) is 15.1 Å². The van der Waals surface area contributed by atoms with E-state index >= 15 is 0 Å². The summed E-state index contributed by atoms with van der Waals surface area (Å²) in [4.78, 5) is 14.3. The number of fused-ring (bicyclic) bond motifs is 1. The molecule has 1 aromatic carbocycles. The van der Waals surface area contributed by atoms with Gasteiger partial charge >= 0.3 is 0 Å². The maximum absolute atomic E-state index is 12.4. The highest BCUT2D eigenvalue weighted by Crippen LogP contribution is 2.34. The second kappa shape index (κ2) is 8.81. The number of amides is 1. The Morgan fingerprint density at radius 1 is 1.08 bits per heavy atom. The van der Waals surface area contributed by atoms with E-state index in [1.807, 2.05) is 4.90 Å². The molecule has 1 amide bonds. The van der Waals surface area contributed by atoms with Gasteiger partial charge in [-0.3, -0.25) is 4.79 Å². The first-order valence-corrected chi connectivity index (χ1v) is 8.94. The van der Waals surface area contributed by atoms with E-state index in [0.717, 1.165) is 39.0 Å². The van der Waals surface area contributed by atoms with E-state index < -0.39 is 0 Å². The summed E-state index contributed by atoms with van der Waals surface area (Å²) < 4.78 is 5.54. The molecule has 0 spiro atoms. The first-order valence-electron chi connectivity index (χ1n) is 7.80. The van der Waals surface area contributed by atoms with Crippen LogP contribution in [0.25, 0.3) is 0 Å². The lowest BCUT2D eigenvalue weighted by atomic mass is 9.92. The smallest absolute Gasteiger partial charge is 0.260 e. The van der Waals surface area contributed by atoms with Crippen molar-refractivity contribution in [3.8, 4) is 5.75 Å². The van der Waals surface area contributed by atoms with E-state index in [2.05, 4.69) is 5.32 Å². The van der Waals surface area contributed by atoms with Crippen LogP contribution in [0.5, 0.6) is 5.75 Å². The van der Waals surface area contributed by atoms with Gasteiger partial charge in [0, 0.05) is 19.2 Å². The molecule has 0 bridgehead atoms. The molecule has 24 heavy (non-hydrogen) atoms. The molecule has 2 fully saturated rings. The van der Waals surface area contributed by atoms with Crippen LogP contribution in [-0.4, -0.2) is 43.6 Å². The third-order valence-electron chi connectivity index (χ3n) is 4.70. The van der Waals surface area contributed by atoms with Crippen LogP contribution >= 0.6 is 47.2 Å². The summed E-state index contributed by atoms with van der Waals surface area (Å²) in [5.41, 5.74) is 0. The Hall–Kier alpha value is -0.390. The summed E-state index contributed by atoms with van der Waals surface area (Å²) in [5, 5.41) is 4.50. The molecule has 0 radical (unpaired) electrons. The number of ether oxygens (including phenoxy) is 1. The van der Waals surface area contributed by atoms with Crippen molar-refractivity contribution >= 4 is 53.1 Å². The zero-order valence-electron chi connectivity index (χ0n) is 13.1. The normalized spacial score (nSPS) is 23.2. The molecule has 2 atom stereocenters. The molecule has 8 heteroatoms. The zero-order chi connectivity index (χ0) is 16.4. The first-order chi connectivity index (χ1) is 11.0. The number of carbonyl (C=O) groups excluding carboxylic acids is 1. The van der Waals surface area contributed by atoms with E-state index in [1.54, 1.807) is 0 Å². The Morgan fingerprint density at radius 3 is 2.29 bits per heavy atom. The van der Waals surface area contributed by atoms with Crippen LogP contribution in [0.3, 0.4) is 0 Å². The summed E-state index contributed by atoms with van der Waals surface area (Å²) in [5.74, 6) is 1.75. The molecule has 2 aliphatic rings. The average Bonchev–Trinajstić information content (AvgIpc) is 2.88. The molecule has 1 N–H and O–H groups in total. The molecule has 2 aliphatic heterocycles. The van der Waals surface area contributed by atoms with Gasteiger partial charge in [-0.1, -0.05) is 34.8 Å². The molecule has 2 saturated heterocycles. The molecule has 2 heterocycles. The molecule has 134 valence electrons. The molecule has 1 aromatic rings. The fourth-order valence-corrected chi connectivity index (χ4v) is 3.90. The van der Waals surface area contributed by atoms with Crippen molar-refractivity contribution in [3.63, 3.8) is 0 Å². The Kier molecular flexibility index (Phi) is 7.32. The highest BCUT2D eigenvalue weighted by Gasteiger charge is 2.31. The van der Waals surface area contributed by atoms with Crippen molar-refractivity contribution in [2.75, 3.05) is 32.8 Å². The number of benzene rings is 1. The van der Waals surface area contributed by atoms with Gasteiger partial charge in [0.2, 0.25) is 0 Å². The molecule has 4 nitrogen and oxygen atoms in total. The van der Waals surface area contributed by atoms with E-state index in [-0.39, 0.29) is 24.9 Å². The number of carbonyl (C=O) groups is 1. The summed E-state index contributed by atoms with van der Waals surface area (Å²) in [7, 11) is 0. The molecule has 3 rings (SSSR count). The summed E-state index contributed by atoms with van der Waals surface area (Å²) in [6.07, 6.45) is 2.11. The lowest BCUT2D eigenvalue weighted by Crippen LogP contribution is -2.36.